The normalized spacial score (nSPS) is 20.1. The van der Waals surface area contributed by atoms with E-state index >= 15 is 0 Å². The van der Waals surface area contributed by atoms with Gasteiger partial charge in [-0.3, -0.25) is 9.59 Å². The highest BCUT2D eigenvalue weighted by atomic mass is 19.1. The molecule has 7 heteroatoms. The molecule has 2 aromatic rings. The highest BCUT2D eigenvalue weighted by Gasteiger charge is 2.48. The summed E-state index contributed by atoms with van der Waals surface area (Å²) in [6, 6.07) is 10.4. The van der Waals surface area contributed by atoms with Crippen LogP contribution in [0, 0.1) is 17.6 Å². The predicted molar refractivity (Wildman–Crippen MR) is 97.9 cm³/mol. The molecule has 0 aliphatic heterocycles. The van der Waals surface area contributed by atoms with Crippen LogP contribution < -0.4 is 10.1 Å². The number of carbonyl (C=O) groups excluding carboxylic acids is 1. The first kappa shape index (κ1) is 19.8. The molecule has 1 saturated carbocycles. The molecular formula is C21H21F2NO4. The van der Waals surface area contributed by atoms with Crippen molar-refractivity contribution < 1.29 is 28.2 Å². The minimum absolute atomic E-state index is 0.0935. The van der Waals surface area contributed by atoms with Crippen LogP contribution in [0.5, 0.6) is 5.75 Å². The molecule has 2 N–H and O–H groups in total. The van der Waals surface area contributed by atoms with Crippen LogP contribution in [-0.2, 0) is 15.1 Å². The van der Waals surface area contributed by atoms with Gasteiger partial charge in [0.25, 0.3) is 0 Å². The number of carboxylic acid groups (broad SMARTS) is 1. The number of methoxy groups -OCH3 is 1. The van der Waals surface area contributed by atoms with E-state index in [1.165, 1.54) is 13.2 Å². The van der Waals surface area contributed by atoms with Gasteiger partial charge in [0.15, 0.2) is 0 Å². The number of halogens is 2. The van der Waals surface area contributed by atoms with Crippen LogP contribution in [0.4, 0.5) is 8.78 Å². The second-order valence-electron chi connectivity index (χ2n) is 7.21. The van der Waals surface area contributed by atoms with Crippen LogP contribution in [-0.4, -0.2) is 24.1 Å². The fourth-order valence-electron chi connectivity index (χ4n) is 3.52. The van der Waals surface area contributed by atoms with E-state index in [0.29, 0.717) is 17.7 Å². The van der Waals surface area contributed by atoms with Gasteiger partial charge in [0, 0.05) is 17.4 Å². The molecule has 3 unspecified atom stereocenters. The molecule has 0 bridgehead atoms. The standard InChI is InChI=1S/C21H21F2NO4/c1-21(11-18(25)26,12-5-3-6-13(9-12)28-2)24-20(27)15-10-14(15)19-16(22)7-4-8-17(19)23/h3-9,14-15H,10-11H2,1-2H3,(H,24,27)(H,25,26). The molecule has 148 valence electrons. The molecule has 0 spiro atoms. The van der Waals surface area contributed by atoms with Gasteiger partial charge < -0.3 is 15.2 Å². The summed E-state index contributed by atoms with van der Waals surface area (Å²) in [5.41, 5.74) is -0.723. The fourth-order valence-corrected chi connectivity index (χ4v) is 3.52. The first-order valence-corrected chi connectivity index (χ1v) is 8.87. The first-order chi connectivity index (χ1) is 13.2. The predicted octanol–water partition coefficient (Wildman–Crippen LogP) is 3.58. The van der Waals surface area contributed by atoms with Gasteiger partial charge in [-0.1, -0.05) is 18.2 Å². The number of amides is 1. The molecule has 0 saturated heterocycles. The third kappa shape index (κ3) is 3.98. The van der Waals surface area contributed by atoms with E-state index in [1.807, 2.05) is 0 Å². The molecule has 2 aromatic carbocycles. The number of aliphatic carboxylic acids is 1. The van der Waals surface area contributed by atoms with Crippen molar-refractivity contribution in [3.63, 3.8) is 0 Å². The lowest BCUT2D eigenvalue weighted by atomic mass is 9.88. The Bertz CT molecular complexity index is 897. The summed E-state index contributed by atoms with van der Waals surface area (Å²) >= 11 is 0. The van der Waals surface area contributed by atoms with Gasteiger partial charge in [-0.15, -0.1) is 0 Å². The largest absolute Gasteiger partial charge is 0.497 e. The van der Waals surface area contributed by atoms with Crippen molar-refractivity contribution >= 4 is 11.9 Å². The minimum Gasteiger partial charge on any atom is -0.497 e. The lowest BCUT2D eigenvalue weighted by Crippen LogP contribution is -2.46. The quantitative estimate of drug-likeness (QED) is 0.759. The van der Waals surface area contributed by atoms with Crippen molar-refractivity contribution in [1.29, 1.82) is 0 Å². The van der Waals surface area contributed by atoms with E-state index in [9.17, 15) is 23.5 Å². The number of nitrogens with one attached hydrogen (secondary N) is 1. The molecular weight excluding hydrogens is 368 g/mol. The molecule has 1 aliphatic carbocycles. The van der Waals surface area contributed by atoms with Crippen molar-refractivity contribution in [1.82, 2.24) is 5.32 Å². The Labute approximate surface area is 161 Å². The number of ether oxygens (including phenoxy) is 1. The number of carbonyl (C=O) groups is 2. The Morgan fingerprint density at radius 1 is 1.21 bits per heavy atom. The molecule has 5 nitrogen and oxygen atoms in total. The van der Waals surface area contributed by atoms with Crippen LogP contribution in [0.3, 0.4) is 0 Å². The van der Waals surface area contributed by atoms with Crippen molar-refractivity contribution in [2.45, 2.75) is 31.2 Å². The van der Waals surface area contributed by atoms with Gasteiger partial charge in [0.1, 0.15) is 17.4 Å². The van der Waals surface area contributed by atoms with Crippen molar-refractivity contribution in [3.05, 3.63) is 65.2 Å². The average Bonchev–Trinajstić information content (AvgIpc) is 3.41. The number of hydrogen-bond donors (Lipinski definition) is 2. The van der Waals surface area contributed by atoms with E-state index in [1.54, 1.807) is 31.2 Å². The molecule has 28 heavy (non-hydrogen) atoms. The maximum absolute atomic E-state index is 14.0. The minimum atomic E-state index is -1.20. The highest BCUT2D eigenvalue weighted by molar-refractivity contribution is 5.84. The van der Waals surface area contributed by atoms with Crippen molar-refractivity contribution in [2.75, 3.05) is 7.11 Å². The van der Waals surface area contributed by atoms with Gasteiger partial charge in [-0.2, -0.15) is 0 Å². The van der Waals surface area contributed by atoms with Crippen LogP contribution in [0.2, 0.25) is 0 Å². The number of hydrogen-bond acceptors (Lipinski definition) is 3. The number of rotatable bonds is 7. The Morgan fingerprint density at radius 2 is 1.86 bits per heavy atom. The Morgan fingerprint density at radius 3 is 2.46 bits per heavy atom. The molecule has 1 amide bonds. The average molecular weight is 389 g/mol. The van der Waals surface area contributed by atoms with Gasteiger partial charge in [0.05, 0.1) is 19.1 Å². The monoisotopic (exact) mass is 389 g/mol. The van der Waals surface area contributed by atoms with Gasteiger partial charge in [-0.25, -0.2) is 8.78 Å². The zero-order valence-corrected chi connectivity index (χ0v) is 15.5. The lowest BCUT2D eigenvalue weighted by Gasteiger charge is -2.30. The third-order valence-corrected chi connectivity index (χ3v) is 5.11. The number of carboxylic acids is 1. The lowest BCUT2D eigenvalue weighted by molar-refractivity contribution is -0.139. The van der Waals surface area contributed by atoms with E-state index in [2.05, 4.69) is 5.32 Å². The summed E-state index contributed by atoms with van der Waals surface area (Å²) in [5, 5.41) is 12.1. The molecule has 0 heterocycles. The van der Waals surface area contributed by atoms with Crippen molar-refractivity contribution in [3.8, 4) is 5.75 Å². The summed E-state index contributed by atoms with van der Waals surface area (Å²) in [6.45, 7) is 1.61. The van der Waals surface area contributed by atoms with E-state index < -0.39 is 40.9 Å². The molecule has 1 aliphatic rings. The zero-order chi connectivity index (χ0) is 20.5. The van der Waals surface area contributed by atoms with Gasteiger partial charge in [-0.05, 0) is 43.2 Å². The van der Waals surface area contributed by atoms with Crippen molar-refractivity contribution in [2.24, 2.45) is 5.92 Å². The second kappa shape index (κ2) is 7.58. The van der Waals surface area contributed by atoms with E-state index in [4.69, 9.17) is 4.74 Å². The SMILES string of the molecule is COc1cccc(C(C)(CC(=O)O)NC(=O)C2CC2c2c(F)cccc2F)c1. The Hall–Kier alpha value is -2.96. The molecule has 3 rings (SSSR count). The summed E-state index contributed by atoms with van der Waals surface area (Å²) in [6.07, 6.45) is -0.0394. The second-order valence-corrected chi connectivity index (χ2v) is 7.21. The maximum Gasteiger partial charge on any atom is 0.306 e. The zero-order valence-electron chi connectivity index (χ0n) is 15.5. The van der Waals surface area contributed by atoms with Gasteiger partial charge in [0.2, 0.25) is 5.91 Å². The maximum atomic E-state index is 14.0. The summed E-state index contributed by atoms with van der Waals surface area (Å²) < 4.78 is 33.1. The molecule has 1 fully saturated rings. The topological polar surface area (TPSA) is 75.6 Å². The number of benzene rings is 2. The summed E-state index contributed by atoms with van der Waals surface area (Å²) in [7, 11) is 1.49. The van der Waals surface area contributed by atoms with Crippen LogP contribution in [0.15, 0.2) is 42.5 Å². The molecule has 3 atom stereocenters. The fraction of sp³-hybridized carbons (Fsp3) is 0.333. The highest BCUT2D eigenvalue weighted by Crippen LogP contribution is 2.49. The van der Waals surface area contributed by atoms with E-state index in [0.717, 1.165) is 12.1 Å². The first-order valence-electron chi connectivity index (χ1n) is 8.87. The van der Waals surface area contributed by atoms with Gasteiger partial charge >= 0.3 is 5.97 Å². The Kier molecular flexibility index (Phi) is 5.36. The van der Waals surface area contributed by atoms with E-state index in [-0.39, 0.29) is 12.0 Å². The van der Waals surface area contributed by atoms with Crippen LogP contribution >= 0.6 is 0 Å². The summed E-state index contributed by atoms with van der Waals surface area (Å²) in [4.78, 5) is 24.2. The summed E-state index contributed by atoms with van der Waals surface area (Å²) in [5.74, 6) is -3.51. The van der Waals surface area contributed by atoms with Crippen LogP contribution in [0.25, 0.3) is 0 Å². The smallest absolute Gasteiger partial charge is 0.306 e. The molecule has 0 radical (unpaired) electrons. The third-order valence-electron chi connectivity index (χ3n) is 5.11. The Balaban J connectivity index is 1.82. The van der Waals surface area contributed by atoms with Crippen LogP contribution in [0.1, 0.15) is 36.8 Å². The molecule has 0 aromatic heterocycles.